The molecule has 0 aliphatic rings. The minimum absolute atomic E-state index is 1.20. The molecular formula is C60H44N2S2. The lowest BCUT2D eigenvalue weighted by Crippen LogP contribution is -2.13. The fraction of sp³-hybridized carbons (Fsp3) is 0. The Labute approximate surface area is 377 Å². The van der Waals surface area contributed by atoms with E-state index in [2.05, 4.69) is 275 Å². The van der Waals surface area contributed by atoms with E-state index in [9.17, 15) is 0 Å². The van der Waals surface area contributed by atoms with Gasteiger partial charge in [-0.2, -0.15) is 0 Å². The Morgan fingerprint density at radius 1 is 0.203 bits per heavy atom. The summed E-state index contributed by atoms with van der Waals surface area (Å²) in [6, 6.07) is 99.2. The molecule has 64 heavy (non-hydrogen) atoms. The SMILES string of the molecule is c1ccc(S(c2ccccc2)(c2ccccc2)n2c3ccccc3c3cc(-c4ccc5c(c4)c4ccccc4n5S(c4ccccc4)(c4ccccc4)c4ccccc4)ccc32)cc1. The van der Waals surface area contributed by atoms with Crippen LogP contribution in [0.3, 0.4) is 0 Å². The van der Waals surface area contributed by atoms with Crippen molar-refractivity contribution in [3.63, 3.8) is 0 Å². The Kier molecular flexibility index (Phi) is 9.36. The molecule has 0 saturated carbocycles. The van der Waals surface area contributed by atoms with Gasteiger partial charge in [-0.05, 0) is 120 Å². The first kappa shape index (κ1) is 38.2. The molecule has 2 aromatic heterocycles. The summed E-state index contributed by atoms with van der Waals surface area (Å²) < 4.78 is 5.36. The van der Waals surface area contributed by atoms with Crippen molar-refractivity contribution >= 4 is 64.0 Å². The van der Waals surface area contributed by atoms with Crippen LogP contribution < -0.4 is 0 Å². The van der Waals surface area contributed by atoms with E-state index in [1.165, 1.54) is 84.1 Å². The average Bonchev–Trinajstić information content (AvgIpc) is 3.89. The van der Waals surface area contributed by atoms with Gasteiger partial charge < -0.3 is 0 Å². The van der Waals surface area contributed by atoms with Crippen molar-refractivity contribution in [3.8, 4) is 11.1 Å². The first-order chi connectivity index (χ1) is 31.8. The van der Waals surface area contributed by atoms with Crippen LogP contribution in [-0.4, -0.2) is 7.94 Å². The van der Waals surface area contributed by atoms with Gasteiger partial charge in [0.2, 0.25) is 0 Å². The normalized spacial score (nSPS) is 12.6. The number of hydrogen-bond acceptors (Lipinski definition) is 0. The lowest BCUT2D eigenvalue weighted by atomic mass is 10.0. The van der Waals surface area contributed by atoms with Gasteiger partial charge in [-0.25, -0.2) is 0 Å². The summed E-state index contributed by atoms with van der Waals surface area (Å²) in [6.45, 7) is 0. The van der Waals surface area contributed by atoms with Gasteiger partial charge in [0.15, 0.2) is 0 Å². The monoisotopic (exact) mass is 856 g/mol. The fourth-order valence-electron chi connectivity index (χ4n) is 9.98. The summed E-state index contributed by atoms with van der Waals surface area (Å²) in [4.78, 5) is 7.75. The molecule has 0 aliphatic heterocycles. The van der Waals surface area contributed by atoms with Crippen molar-refractivity contribution in [2.45, 2.75) is 29.4 Å². The van der Waals surface area contributed by atoms with Crippen LogP contribution in [0.15, 0.2) is 296 Å². The molecule has 4 heteroatoms. The minimum atomic E-state index is -2.02. The molecule has 0 saturated heterocycles. The zero-order valence-corrected chi connectivity index (χ0v) is 36.7. The van der Waals surface area contributed by atoms with Gasteiger partial charge in [0, 0.05) is 50.9 Å². The quantitative estimate of drug-likeness (QED) is 0.137. The first-order valence-corrected chi connectivity index (χ1v) is 25.0. The Morgan fingerprint density at radius 3 is 0.719 bits per heavy atom. The lowest BCUT2D eigenvalue weighted by molar-refractivity contribution is 1.20. The van der Waals surface area contributed by atoms with Gasteiger partial charge in [0.25, 0.3) is 0 Å². The van der Waals surface area contributed by atoms with Crippen LogP contribution in [0.25, 0.3) is 54.7 Å². The van der Waals surface area contributed by atoms with E-state index < -0.39 is 20.4 Å². The Morgan fingerprint density at radius 2 is 0.438 bits per heavy atom. The molecular weight excluding hydrogens is 813 g/mol. The summed E-state index contributed by atoms with van der Waals surface area (Å²) >= 11 is 0. The van der Waals surface area contributed by atoms with Crippen LogP contribution >= 0.6 is 20.4 Å². The number of fused-ring (bicyclic) bond motifs is 6. The van der Waals surface area contributed by atoms with Crippen LogP contribution in [0.5, 0.6) is 0 Å². The third-order valence-corrected chi connectivity index (χ3v) is 20.3. The molecule has 0 aliphatic carbocycles. The predicted molar refractivity (Wildman–Crippen MR) is 272 cm³/mol. The smallest absolute Gasteiger partial charge is 0.0598 e. The molecule has 2 heterocycles. The van der Waals surface area contributed by atoms with Crippen molar-refractivity contribution in [1.29, 1.82) is 0 Å². The maximum absolute atomic E-state index is 2.68. The highest BCUT2D eigenvalue weighted by Gasteiger charge is 2.37. The molecule has 0 N–H and O–H groups in total. The number of nitrogens with zero attached hydrogens (tertiary/aromatic N) is 2. The van der Waals surface area contributed by atoms with Gasteiger partial charge in [-0.15, -0.1) is 0 Å². The standard InChI is InChI=1S/C60H44N2S2/c1-7-23-47(24-8-1)63(48-25-9-2-10-26-48,49-27-11-3-12-28-49)61-57-37-21-19-35-53(57)55-43-45(39-41-59(55)61)46-40-42-60-56(44-46)54-36-20-22-38-58(54)62(60)64(50-29-13-4-14-30-50,51-31-15-5-16-32-51)52-33-17-6-18-34-52/h1-44H. The van der Waals surface area contributed by atoms with Crippen molar-refractivity contribution in [1.82, 2.24) is 7.94 Å². The molecule has 10 aromatic carbocycles. The Bertz CT molecular complexity index is 3150. The predicted octanol–water partition coefficient (Wildman–Crippen LogP) is 17.1. The molecule has 0 spiro atoms. The topological polar surface area (TPSA) is 9.86 Å². The maximum atomic E-state index is 2.68. The first-order valence-electron chi connectivity index (χ1n) is 21.8. The highest BCUT2D eigenvalue weighted by atomic mass is 32.3. The molecule has 0 atom stereocenters. The number of para-hydroxylation sites is 2. The molecule has 2 nitrogen and oxygen atoms in total. The zero-order chi connectivity index (χ0) is 42.5. The van der Waals surface area contributed by atoms with Crippen molar-refractivity contribution in [2.75, 3.05) is 0 Å². The largest absolute Gasteiger partial charge is 0.290 e. The molecule has 0 amide bonds. The van der Waals surface area contributed by atoms with Gasteiger partial charge in [0.05, 0.1) is 22.1 Å². The Balaban J connectivity index is 1.12. The summed E-state index contributed by atoms with van der Waals surface area (Å²) in [5.41, 5.74) is 7.28. The maximum Gasteiger partial charge on any atom is 0.0598 e. The van der Waals surface area contributed by atoms with Crippen LogP contribution in [0.2, 0.25) is 0 Å². The summed E-state index contributed by atoms with van der Waals surface area (Å²) in [7, 11) is -4.03. The summed E-state index contributed by atoms with van der Waals surface area (Å²) in [5, 5.41) is 4.99. The van der Waals surface area contributed by atoms with Gasteiger partial charge >= 0.3 is 0 Å². The molecule has 12 rings (SSSR count). The number of rotatable bonds is 9. The minimum Gasteiger partial charge on any atom is -0.290 e. The Hall–Kier alpha value is -7.50. The molecule has 0 bridgehead atoms. The molecule has 0 unspecified atom stereocenters. The van der Waals surface area contributed by atoms with E-state index in [0.717, 1.165) is 0 Å². The van der Waals surface area contributed by atoms with Crippen LogP contribution in [0.4, 0.5) is 0 Å². The molecule has 306 valence electrons. The zero-order valence-electron chi connectivity index (χ0n) is 35.1. The van der Waals surface area contributed by atoms with E-state index in [1.54, 1.807) is 0 Å². The molecule has 0 fully saturated rings. The third kappa shape index (κ3) is 5.76. The third-order valence-electron chi connectivity index (χ3n) is 12.6. The molecule has 0 radical (unpaired) electrons. The second kappa shape index (κ2) is 15.7. The molecule has 12 aromatic rings. The summed E-state index contributed by atoms with van der Waals surface area (Å²) in [6.07, 6.45) is 0. The highest BCUT2D eigenvalue weighted by Crippen LogP contribution is 2.72. The van der Waals surface area contributed by atoms with E-state index >= 15 is 0 Å². The average molecular weight is 857 g/mol. The van der Waals surface area contributed by atoms with Gasteiger partial charge in [0.1, 0.15) is 0 Å². The van der Waals surface area contributed by atoms with Gasteiger partial charge in [-0.1, -0.05) is 178 Å². The van der Waals surface area contributed by atoms with Crippen molar-refractivity contribution in [2.24, 2.45) is 0 Å². The number of aromatic nitrogens is 2. The number of benzene rings is 10. The van der Waals surface area contributed by atoms with Gasteiger partial charge in [-0.3, -0.25) is 7.94 Å². The van der Waals surface area contributed by atoms with Crippen LogP contribution in [-0.2, 0) is 0 Å². The van der Waals surface area contributed by atoms with E-state index in [4.69, 9.17) is 0 Å². The van der Waals surface area contributed by atoms with E-state index in [1.807, 2.05) is 0 Å². The van der Waals surface area contributed by atoms with E-state index in [-0.39, 0.29) is 0 Å². The second-order valence-corrected chi connectivity index (χ2v) is 22.0. The highest BCUT2D eigenvalue weighted by molar-refractivity contribution is 8.33. The van der Waals surface area contributed by atoms with Crippen LogP contribution in [0.1, 0.15) is 0 Å². The second-order valence-electron chi connectivity index (χ2n) is 16.1. The van der Waals surface area contributed by atoms with Crippen molar-refractivity contribution < 1.29 is 0 Å². The van der Waals surface area contributed by atoms with Crippen LogP contribution in [0, 0.1) is 0 Å². The lowest BCUT2D eigenvalue weighted by Gasteiger charge is -2.44. The fourth-order valence-corrected chi connectivity index (χ4v) is 18.0. The van der Waals surface area contributed by atoms with Crippen molar-refractivity contribution in [3.05, 3.63) is 267 Å². The van der Waals surface area contributed by atoms with E-state index in [0.29, 0.717) is 0 Å². The summed E-state index contributed by atoms with van der Waals surface area (Å²) in [5.74, 6) is 0. The number of hydrogen-bond donors (Lipinski definition) is 0.